The van der Waals surface area contributed by atoms with E-state index >= 15 is 0 Å². The van der Waals surface area contributed by atoms with Crippen molar-refractivity contribution in [2.75, 3.05) is 133 Å². The Hall–Kier alpha value is -4.18. The van der Waals surface area contributed by atoms with E-state index in [1.807, 2.05) is 52.2 Å². The molecule has 0 radical (unpaired) electrons. The highest BCUT2D eigenvalue weighted by molar-refractivity contribution is 7.89. The first-order valence-electron chi connectivity index (χ1n) is 25.9. The van der Waals surface area contributed by atoms with Gasteiger partial charge in [0.25, 0.3) is 11.8 Å². The zero-order valence-corrected chi connectivity index (χ0v) is 47.8. The number of rotatable bonds is 33. The summed E-state index contributed by atoms with van der Waals surface area (Å²) in [7, 11) is -3.54. The molecule has 4 aromatic carbocycles. The molecule has 0 saturated heterocycles. The number of aliphatic hydroxyl groups excluding tert-OH is 2. The Morgan fingerprint density at radius 1 is 0.538 bits per heavy atom. The van der Waals surface area contributed by atoms with Crippen molar-refractivity contribution in [2.24, 2.45) is 0 Å². The van der Waals surface area contributed by atoms with Crippen molar-refractivity contribution in [3.63, 3.8) is 0 Å². The Balaban J connectivity index is 0.717. The number of nitrogens with one attached hydrogen (secondary N) is 4. The number of amides is 2. The highest BCUT2D eigenvalue weighted by Gasteiger charge is 2.31. The summed E-state index contributed by atoms with van der Waals surface area (Å²) in [4.78, 5) is 29.3. The fourth-order valence-corrected chi connectivity index (χ4v) is 12.0. The van der Waals surface area contributed by atoms with E-state index in [2.05, 4.69) is 42.0 Å². The van der Waals surface area contributed by atoms with Crippen molar-refractivity contribution in [1.82, 2.24) is 29.9 Å². The lowest BCUT2D eigenvalue weighted by molar-refractivity contribution is -0.146. The van der Waals surface area contributed by atoms with E-state index < -0.39 is 44.1 Å². The summed E-state index contributed by atoms with van der Waals surface area (Å²) in [6.45, 7) is 9.23. The number of halogens is 2. The molecular weight excluding hydrogens is 1090 g/mol. The van der Waals surface area contributed by atoms with Gasteiger partial charge in [-0.25, -0.2) is 26.3 Å². The smallest absolute Gasteiger partial charge is 0.252 e. The quantitative estimate of drug-likeness (QED) is 0.0375. The highest BCUT2D eigenvalue weighted by Crippen LogP contribution is 2.39. The van der Waals surface area contributed by atoms with Crippen LogP contribution >= 0.6 is 23.2 Å². The number of ether oxygens (including phenoxy) is 6. The van der Waals surface area contributed by atoms with Crippen molar-refractivity contribution in [3.05, 3.63) is 127 Å². The lowest BCUT2D eigenvalue weighted by atomic mass is 9.84. The molecule has 0 fully saturated rings. The molecule has 0 bridgehead atoms. The average molecular weight is 1170 g/mol. The van der Waals surface area contributed by atoms with Crippen LogP contribution in [-0.2, 0) is 71.1 Å². The first-order valence-corrected chi connectivity index (χ1v) is 29.6. The lowest BCUT2D eigenvalue weighted by Gasteiger charge is -2.33. The monoisotopic (exact) mass is 1160 g/mol. The zero-order valence-electron chi connectivity index (χ0n) is 44.6. The molecular formula is C54H74Cl2N6O14S2. The van der Waals surface area contributed by atoms with Crippen LogP contribution in [0.2, 0.25) is 10.0 Å². The van der Waals surface area contributed by atoms with Crippen molar-refractivity contribution in [1.29, 1.82) is 0 Å². The number of hydrogen-bond acceptors (Lipinski definition) is 16. The molecule has 430 valence electrons. The SMILES string of the molecule is Cc1cc(Cl)c2c(c1)[C@H](c1cccc(S(=O)(=O)NCCOCCOCCOCCNC(=O)[C@@H](O)[C@H](O)C(=O)NCCOCCOCCOCCNS(=O)(=O)c3cccc([C@@H]4CN(C)Cc5c(Cl)cc(C)cc54)c3)c1)CN(C)C2. The van der Waals surface area contributed by atoms with Crippen LogP contribution in [0, 0.1) is 13.8 Å². The molecule has 6 rings (SSSR count). The van der Waals surface area contributed by atoms with Gasteiger partial charge in [-0.2, -0.15) is 0 Å². The molecule has 0 aliphatic carbocycles. The van der Waals surface area contributed by atoms with Gasteiger partial charge in [0.05, 0.1) is 89.1 Å². The van der Waals surface area contributed by atoms with Crippen LogP contribution in [0.1, 0.15) is 56.3 Å². The van der Waals surface area contributed by atoms with Crippen LogP contribution in [0.3, 0.4) is 0 Å². The number of hydrogen-bond donors (Lipinski definition) is 6. The Kier molecular flexibility index (Phi) is 25.2. The number of carbonyl (C=O) groups excluding carboxylic acids is 2. The number of likely N-dealkylation sites (N-methyl/N-ethyl adjacent to an activating group) is 2. The number of fused-ring (bicyclic) bond motifs is 2. The maximum absolute atomic E-state index is 13.2. The third-order valence-corrected chi connectivity index (χ3v) is 16.6. The molecule has 6 N–H and O–H groups in total. The van der Waals surface area contributed by atoms with Gasteiger partial charge in [-0.15, -0.1) is 0 Å². The van der Waals surface area contributed by atoms with E-state index in [1.54, 1.807) is 36.4 Å². The van der Waals surface area contributed by atoms with Crippen LogP contribution in [0.4, 0.5) is 0 Å². The predicted molar refractivity (Wildman–Crippen MR) is 295 cm³/mol. The van der Waals surface area contributed by atoms with E-state index in [1.165, 1.54) is 0 Å². The first kappa shape index (κ1) is 63.0. The van der Waals surface area contributed by atoms with Gasteiger partial charge in [-0.05, 0) is 109 Å². The van der Waals surface area contributed by atoms with Crippen molar-refractivity contribution >= 4 is 55.1 Å². The predicted octanol–water partition coefficient (Wildman–Crippen LogP) is 3.08. The molecule has 0 unspecified atom stereocenters. The maximum Gasteiger partial charge on any atom is 0.252 e. The Morgan fingerprint density at radius 2 is 0.872 bits per heavy atom. The molecule has 2 aliphatic heterocycles. The fourth-order valence-electron chi connectivity index (χ4n) is 9.14. The molecule has 0 saturated carbocycles. The highest BCUT2D eigenvalue weighted by atomic mass is 35.5. The van der Waals surface area contributed by atoms with Gasteiger partial charge in [-0.1, -0.05) is 59.6 Å². The van der Waals surface area contributed by atoms with Crippen molar-refractivity contribution in [2.45, 2.75) is 60.8 Å². The van der Waals surface area contributed by atoms with Gasteiger partial charge in [0, 0.05) is 74.2 Å². The molecule has 24 heteroatoms. The molecule has 0 aromatic heterocycles. The third kappa shape index (κ3) is 19.0. The summed E-state index contributed by atoms with van der Waals surface area (Å²) >= 11 is 13.2. The lowest BCUT2D eigenvalue weighted by Crippen LogP contribution is -2.50. The van der Waals surface area contributed by atoms with Crippen LogP contribution in [0.5, 0.6) is 0 Å². The van der Waals surface area contributed by atoms with Crippen LogP contribution in [0.25, 0.3) is 0 Å². The summed E-state index contributed by atoms with van der Waals surface area (Å²) in [6, 6.07) is 22.1. The largest absolute Gasteiger partial charge is 0.380 e. The second-order valence-electron chi connectivity index (χ2n) is 19.2. The number of benzene rings is 4. The van der Waals surface area contributed by atoms with Crippen LogP contribution in [0.15, 0.2) is 82.6 Å². The second kappa shape index (κ2) is 31.1. The van der Waals surface area contributed by atoms with E-state index in [0.29, 0.717) is 10.0 Å². The van der Waals surface area contributed by atoms with Gasteiger partial charge in [0.1, 0.15) is 0 Å². The van der Waals surface area contributed by atoms with E-state index in [0.717, 1.165) is 70.7 Å². The summed E-state index contributed by atoms with van der Waals surface area (Å²) < 4.78 is 90.6. The van der Waals surface area contributed by atoms with Crippen LogP contribution < -0.4 is 20.1 Å². The Morgan fingerprint density at radius 3 is 1.23 bits per heavy atom. The van der Waals surface area contributed by atoms with Gasteiger partial charge in [0.15, 0.2) is 12.2 Å². The minimum Gasteiger partial charge on any atom is -0.380 e. The third-order valence-electron chi connectivity index (χ3n) is 13.0. The average Bonchev–Trinajstić information content (AvgIpc) is 3.55. The first-order chi connectivity index (χ1) is 37.3. The minimum atomic E-state index is -3.79. The normalized spacial score (nSPS) is 16.8. The molecule has 78 heavy (non-hydrogen) atoms. The van der Waals surface area contributed by atoms with E-state index in [4.69, 9.17) is 51.6 Å². The summed E-state index contributed by atoms with van der Waals surface area (Å²) in [5.74, 6) is -1.97. The maximum atomic E-state index is 13.2. The van der Waals surface area contributed by atoms with Crippen molar-refractivity contribution < 1.29 is 65.1 Å². The summed E-state index contributed by atoms with van der Waals surface area (Å²) in [5.41, 5.74) is 8.24. The Labute approximate surface area is 468 Å². The minimum absolute atomic E-state index is 0.000549. The molecule has 0 spiro atoms. The van der Waals surface area contributed by atoms with Gasteiger partial charge in [0.2, 0.25) is 20.0 Å². The summed E-state index contributed by atoms with van der Waals surface area (Å²) in [5, 5.41) is 26.6. The van der Waals surface area contributed by atoms with E-state index in [-0.39, 0.29) is 127 Å². The number of sulfonamides is 2. The number of aryl methyl sites for hydroxylation is 2. The topological polar surface area (TPSA) is 253 Å². The fraction of sp³-hybridized carbons (Fsp3) is 0.519. The molecule has 20 nitrogen and oxygen atoms in total. The van der Waals surface area contributed by atoms with E-state index in [9.17, 15) is 36.6 Å². The number of nitrogens with zero attached hydrogens (tertiary/aromatic N) is 2. The molecule has 2 amide bonds. The van der Waals surface area contributed by atoms with Crippen LogP contribution in [-0.4, -0.2) is 194 Å². The molecule has 2 aliphatic rings. The molecule has 2 heterocycles. The molecule has 4 atom stereocenters. The van der Waals surface area contributed by atoms with Gasteiger partial charge < -0.3 is 59.1 Å². The van der Waals surface area contributed by atoms with Crippen molar-refractivity contribution in [3.8, 4) is 0 Å². The molecule has 4 aromatic rings. The number of carbonyl (C=O) groups is 2. The second-order valence-corrected chi connectivity index (χ2v) is 23.6. The van der Waals surface area contributed by atoms with Gasteiger partial charge in [-0.3, -0.25) is 9.59 Å². The standard InChI is InChI=1S/C54H74Cl2N6O14S2/c1-37-27-43-45(33-61(3)35-47(43)49(55)29-37)39-7-5-9-41(31-39)77(67,68)59-13-17-73-21-25-75-23-19-71-15-11-57-53(65)51(63)52(64)54(66)58-12-16-72-20-24-76-26-22-74-18-14-60-78(69,70)42-10-6-8-40(32-42)46-34-62(4)36-48-44(46)28-38(2)30-50(48)56/h5-10,27-32,45-46,51-52,59-60,63-64H,11-26,33-36H2,1-4H3,(H,57,65)(H,58,66)/t45-,46-,51-,52-/m0/s1. The Bertz CT molecular complexity index is 2640. The zero-order chi connectivity index (χ0) is 56.2. The number of aliphatic hydroxyl groups is 2. The summed E-state index contributed by atoms with van der Waals surface area (Å²) in [6.07, 6.45) is -4.03. The van der Waals surface area contributed by atoms with Gasteiger partial charge >= 0.3 is 0 Å².